The summed E-state index contributed by atoms with van der Waals surface area (Å²) in [7, 11) is 0. The van der Waals surface area contributed by atoms with E-state index >= 15 is 0 Å². The fourth-order valence-electron chi connectivity index (χ4n) is 2.04. The summed E-state index contributed by atoms with van der Waals surface area (Å²) in [5.41, 5.74) is 7.62. The van der Waals surface area contributed by atoms with Gasteiger partial charge in [-0.2, -0.15) is 0 Å². The number of aromatic hydroxyl groups is 1. The van der Waals surface area contributed by atoms with Gasteiger partial charge in [-0.1, -0.05) is 31.5 Å². The van der Waals surface area contributed by atoms with Crippen molar-refractivity contribution in [3.8, 4) is 5.75 Å². The summed E-state index contributed by atoms with van der Waals surface area (Å²) in [6.07, 6.45) is 0.943. The van der Waals surface area contributed by atoms with Crippen molar-refractivity contribution in [1.29, 1.82) is 0 Å². The van der Waals surface area contributed by atoms with E-state index in [1.165, 1.54) is 5.56 Å². The molecular weight excluding hydrogens is 222 g/mol. The Kier molecular flexibility index (Phi) is 4.63. The van der Waals surface area contributed by atoms with Crippen LogP contribution < -0.4 is 5.73 Å². The molecule has 0 saturated carbocycles. The smallest absolute Gasteiger partial charge is 0.137 e. The van der Waals surface area contributed by atoms with Crippen molar-refractivity contribution in [2.45, 2.75) is 33.1 Å². The summed E-state index contributed by atoms with van der Waals surface area (Å²) in [5, 5.41) is 10.1. The predicted molar refractivity (Wildman–Crippen MR) is 69.1 cm³/mol. The molecule has 0 aromatic heterocycles. The summed E-state index contributed by atoms with van der Waals surface area (Å²) in [6.45, 7) is 6.89. The molecule has 0 fully saturated rings. The average molecular weight is 242 g/mol. The van der Waals surface area contributed by atoms with Crippen LogP contribution in [0.25, 0.3) is 0 Å². The Morgan fingerprint density at radius 2 is 2.00 bits per heavy atom. The van der Waals surface area contributed by atoms with Gasteiger partial charge in [0.2, 0.25) is 0 Å². The van der Waals surface area contributed by atoms with E-state index in [1.54, 1.807) is 0 Å². The molecule has 0 aliphatic rings. The van der Waals surface area contributed by atoms with E-state index in [0.29, 0.717) is 23.4 Å². The van der Waals surface area contributed by atoms with E-state index < -0.39 is 0 Å². The van der Waals surface area contributed by atoms with Gasteiger partial charge in [-0.3, -0.25) is 0 Å². The van der Waals surface area contributed by atoms with Gasteiger partial charge in [0.1, 0.15) is 5.75 Å². The maximum absolute atomic E-state index is 9.62. The van der Waals surface area contributed by atoms with Gasteiger partial charge in [-0.05, 0) is 48.9 Å². The highest BCUT2D eigenvalue weighted by Crippen LogP contribution is 2.35. The number of nitrogens with two attached hydrogens (primary N) is 1. The van der Waals surface area contributed by atoms with E-state index in [1.807, 2.05) is 19.1 Å². The number of rotatable bonds is 4. The molecule has 0 saturated heterocycles. The third-order valence-electron chi connectivity index (χ3n) is 2.99. The van der Waals surface area contributed by atoms with Gasteiger partial charge in [0.05, 0.1) is 5.02 Å². The van der Waals surface area contributed by atoms with E-state index in [4.69, 9.17) is 17.3 Å². The lowest BCUT2D eigenvalue weighted by Crippen LogP contribution is -2.12. The Morgan fingerprint density at radius 1 is 1.38 bits per heavy atom. The monoisotopic (exact) mass is 241 g/mol. The van der Waals surface area contributed by atoms with Crippen LogP contribution in [0, 0.1) is 12.8 Å². The number of phenols is 1. The van der Waals surface area contributed by atoms with Crippen LogP contribution in [0.3, 0.4) is 0 Å². The first-order valence-corrected chi connectivity index (χ1v) is 6.04. The Morgan fingerprint density at radius 3 is 2.44 bits per heavy atom. The van der Waals surface area contributed by atoms with Crippen LogP contribution in [0.15, 0.2) is 12.1 Å². The zero-order valence-corrected chi connectivity index (χ0v) is 10.9. The highest BCUT2D eigenvalue weighted by molar-refractivity contribution is 6.32. The molecule has 0 aliphatic heterocycles. The summed E-state index contributed by atoms with van der Waals surface area (Å²) in [6, 6.07) is 3.85. The lowest BCUT2D eigenvalue weighted by molar-refractivity contribution is 0.462. The normalized spacial score (nSPS) is 13.1. The van der Waals surface area contributed by atoms with Crippen molar-refractivity contribution in [2.24, 2.45) is 11.7 Å². The van der Waals surface area contributed by atoms with Gasteiger partial charge in [0.25, 0.3) is 0 Å². The zero-order chi connectivity index (χ0) is 12.3. The molecule has 3 heteroatoms. The second-order valence-electron chi connectivity index (χ2n) is 4.60. The van der Waals surface area contributed by atoms with Crippen molar-refractivity contribution in [2.75, 3.05) is 6.54 Å². The number of halogens is 1. The number of aryl methyl sites for hydroxylation is 1. The first kappa shape index (κ1) is 13.3. The van der Waals surface area contributed by atoms with Crippen LogP contribution in [0.2, 0.25) is 5.02 Å². The zero-order valence-electron chi connectivity index (χ0n) is 10.1. The standard InChI is InChI=1S/C13H20ClNO/c1-8(2)11(4-5-15)10-6-9(3)13(16)12(14)7-10/h6-8,11,16H,4-5,15H2,1-3H3. The molecule has 1 unspecified atom stereocenters. The van der Waals surface area contributed by atoms with Gasteiger partial charge in [0, 0.05) is 0 Å². The van der Waals surface area contributed by atoms with Crippen LogP contribution in [0.5, 0.6) is 5.75 Å². The average Bonchev–Trinajstić information content (AvgIpc) is 2.21. The fraction of sp³-hybridized carbons (Fsp3) is 0.538. The third-order valence-corrected chi connectivity index (χ3v) is 3.27. The molecule has 0 amide bonds. The van der Waals surface area contributed by atoms with E-state index in [0.717, 1.165) is 12.0 Å². The van der Waals surface area contributed by atoms with Gasteiger partial charge in [-0.15, -0.1) is 0 Å². The Hall–Kier alpha value is -0.730. The minimum atomic E-state index is 0.181. The molecule has 90 valence electrons. The molecule has 0 aliphatic carbocycles. The summed E-state index contributed by atoms with van der Waals surface area (Å²) >= 11 is 5.99. The van der Waals surface area contributed by atoms with Crippen LogP contribution in [0.4, 0.5) is 0 Å². The topological polar surface area (TPSA) is 46.2 Å². The molecule has 1 atom stereocenters. The lowest BCUT2D eigenvalue weighted by atomic mass is 9.85. The number of benzene rings is 1. The molecular formula is C13H20ClNO. The maximum atomic E-state index is 9.62. The molecule has 0 radical (unpaired) electrons. The Labute approximate surface area is 102 Å². The minimum absolute atomic E-state index is 0.181. The van der Waals surface area contributed by atoms with Gasteiger partial charge >= 0.3 is 0 Å². The van der Waals surface area contributed by atoms with Crippen molar-refractivity contribution in [1.82, 2.24) is 0 Å². The highest BCUT2D eigenvalue weighted by Gasteiger charge is 2.17. The van der Waals surface area contributed by atoms with Gasteiger partial charge in [-0.25, -0.2) is 0 Å². The second kappa shape index (κ2) is 5.55. The first-order chi connectivity index (χ1) is 7.47. The third kappa shape index (κ3) is 2.89. The minimum Gasteiger partial charge on any atom is -0.506 e. The van der Waals surface area contributed by atoms with Crippen molar-refractivity contribution >= 4 is 11.6 Å². The molecule has 3 N–H and O–H groups in total. The van der Waals surface area contributed by atoms with Crippen LogP contribution in [0.1, 0.15) is 37.3 Å². The van der Waals surface area contributed by atoms with E-state index in [2.05, 4.69) is 13.8 Å². The number of phenolic OH excluding ortho intramolecular Hbond substituents is 1. The quantitative estimate of drug-likeness (QED) is 0.848. The number of hydrogen-bond acceptors (Lipinski definition) is 2. The molecule has 0 heterocycles. The van der Waals surface area contributed by atoms with Crippen LogP contribution in [-0.4, -0.2) is 11.7 Å². The molecule has 0 spiro atoms. The lowest BCUT2D eigenvalue weighted by Gasteiger charge is -2.21. The summed E-state index contributed by atoms with van der Waals surface area (Å²) in [5.74, 6) is 1.10. The Balaban J connectivity index is 3.10. The van der Waals surface area contributed by atoms with E-state index in [-0.39, 0.29) is 5.75 Å². The predicted octanol–water partition coefficient (Wildman–Crippen LogP) is 3.44. The molecule has 1 rings (SSSR count). The molecule has 2 nitrogen and oxygen atoms in total. The second-order valence-corrected chi connectivity index (χ2v) is 5.00. The Bertz CT molecular complexity index is 340. The maximum Gasteiger partial charge on any atom is 0.137 e. The van der Waals surface area contributed by atoms with Gasteiger partial charge in [0.15, 0.2) is 0 Å². The molecule has 0 bridgehead atoms. The molecule has 16 heavy (non-hydrogen) atoms. The molecule has 1 aromatic rings. The first-order valence-electron chi connectivity index (χ1n) is 5.66. The largest absolute Gasteiger partial charge is 0.506 e. The van der Waals surface area contributed by atoms with Crippen LogP contribution >= 0.6 is 11.6 Å². The summed E-state index contributed by atoms with van der Waals surface area (Å²) in [4.78, 5) is 0. The number of hydrogen-bond donors (Lipinski definition) is 2. The van der Waals surface area contributed by atoms with Crippen molar-refractivity contribution < 1.29 is 5.11 Å². The van der Waals surface area contributed by atoms with Crippen LogP contribution in [-0.2, 0) is 0 Å². The van der Waals surface area contributed by atoms with Crippen molar-refractivity contribution in [3.63, 3.8) is 0 Å². The summed E-state index contributed by atoms with van der Waals surface area (Å²) < 4.78 is 0. The highest BCUT2D eigenvalue weighted by atomic mass is 35.5. The van der Waals surface area contributed by atoms with Gasteiger partial charge < -0.3 is 10.8 Å². The SMILES string of the molecule is Cc1cc(C(CCN)C(C)C)cc(Cl)c1O. The molecule has 1 aromatic carbocycles. The van der Waals surface area contributed by atoms with Crippen molar-refractivity contribution in [3.05, 3.63) is 28.3 Å². The fourth-order valence-corrected chi connectivity index (χ4v) is 2.32. The van der Waals surface area contributed by atoms with E-state index in [9.17, 15) is 5.11 Å².